The van der Waals surface area contributed by atoms with Gasteiger partial charge in [-0.3, -0.25) is 4.99 Å². The summed E-state index contributed by atoms with van der Waals surface area (Å²) in [4.78, 5) is 16.1. The van der Waals surface area contributed by atoms with E-state index in [0.29, 0.717) is 29.4 Å². The standard InChI is InChI=1S/C27H31FN6O/c1-15-8-19-6-7-22(26(28)21(19)9-15)35-27-32-24(31-23-10-20(12-29-23)18-4-5-18)11-25(33-27)34-13-16(2)30-17(3)14-34/h6-7,9-11,16-18,30H,4-5,8,12-14H2,1-3H3,(H,29,31,32,33). The monoisotopic (exact) mass is 474 g/mol. The Morgan fingerprint density at radius 2 is 1.91 bits per heavy atom. The third kappa shape index (κ3) is 4.67. The van der Waals surface area contributed by atoms with E-state index in [0.717, 1.165) is 48.8 Å². The summed E-state index contributed by atoms with van der Waals surface area (Å²) < 4.78 is 21.2. The van der Waals surface area contributed by atoms with Crippen LogP contribution >= 0.6 is 0 Å². The fourth-order valence-corrected chi connectivity index (χ4v) is 5.25. The average molecular weight is 475 g/mol. The molecule has 8 heteroatoms. The number of nitrogens with one attached hydrogen (secondary N) is 2. The molecule has 1 aromatic carbocycles. The second kappa shape index (κ2) is 8.75. The van der Waals surface area contributed by atoms with Crippen LogP contribution in [0, 0.1) is 11.7 Å². The van der Waals surface area contributed by atoms with Gasteiger partial charge in [-0.2, -0.15) is 9.97 Å². The summed E-state index contributed by atoms with van der Waals surface area (Å²) in [5.41, 5.74) is 4.09. The Morgan fingerprint density at radius 1 is 1.11 bits per heavy atom. The highest BCUT2D eigenvalue weighted by atomic mass is 19.1. The first-order valence-electron chi connectivity index (χ1n) is 12.5. The number of anilines is 2. The quantitative estimate of drug-likeness (QED) is 0.654. The number of allylic oxidation sites excluding steroid dienone is 1. The first-order valence-corrected chi connectivity index (χ1v) is 12.5. The van der Waals surface area contributed by atoms with Gasteiger partial charge in [0.15, 0.2) is 11.6 Å². The smallest absolute Gasteiger partial charge is 0.326 e. The van der Waals surface area contributed by atoms with Crippen molar-refractivity contribution < 1.29 is 9.13 Å². The Bertz CT molecular complexity index is 1250. The van der Waals surface area contributed by atoms with Crippen LogP contribution in [0.5, 0.6) is 11.8 Å². The maximum Gasteiger partial charge on any atom is 0.326 e. The third-order valence-corrected chi connectivity index (χ3v) is 6.98. The van der Waals surface area contributed by atoms with E-state index < -0.39 is 0 Å². The van der Waals surface area contributed by atoms with Crippen molar-refractivity contribution in [3.8, 4) is 11.8 Å². The van der Waals surface area contributed by atoms with Gasteiger partial charge in [0, 0.05) is 36.8 Å². The minimum absolute atomic E-state index is 0.117. The lowest BCUT2D eigenvalue weighted by atomic mass is 10.1. The molecular formula is C27H31FN6O. The number of piperazine rings is 1. The first-order chi connectivity index (χ1) is 16.9. The number of rotatable bonds is 5. The van der Waals surface area contributed by atoms with Crippen LogP contribution in [0.25, 0.3) is 6.08 Å². The van der Waals surface area contributed by atoms with Gasteiger partial charge in [0.05, 0.1) is 6.54 Å². The van der Waals surface area contributed by atoms with Crippen molar-refractivity contribution in [3.05, 3.63) is 52.4 Å². The Balaban J connectivity index is 1.32. The Kier molecular flexibility index (Phi) is 5.56. The molecule has 0 spiro atoms. The predicted octanol–water partition coefficient (Wildman–Crippen LogP) is 4.71. The number of aliphatic imine (C=N–C) groups is 1. The molecule has 1 saturated heterocycles. The number of benzene rings is 1. The lowest BCUT2D eigenvalue weighted by Crippen LogP contribution is -2.54. The Hall–Kier alpha value is -3.26. The van der Waals surface area contributed by atoms with Crippen molar-refractivity contribution in [2.24, 2.45) is 10.9 Å². The van der Waals surface area contributed by atoms with Gasteiger partial charge in [-0.05, 0) is 69.2 Å². The van der Waals surface area contributed by atoms with E-state index in [1.54, 1.807) is 6.07 Å². The van der Waals surface area contributed by atoms with E-state index in [2.05, 4.69) is 50.4 Å². The van der Waals surface area contributed by atoms with E-state index in [1.165, 1.54) is 18.4 Å². The van der Waals surface area contributed by atoms with Gasteiger partial charge in [-0.25, -0.2) is 4.39 Å². The number of amidine groups is 1. The predicted molar refractivity (Wildman–Crippen MR) is 137 cm³/mol. The Morgan fingerprint density at radius 3 is 2.69 bits per heavy atom. The third-order valence-electron chi connectivity index (χ3n) is 6.98. The number of nitrogens with zero attached hydrogens (tertiary/aromatic N) is 4. The summed E-state index contributed by atoms with van der Waals surface area (Å²) in [6, 6.07) is 6.27. The van der Waals surface area contributed by atoms with Gasteiger partial charge in [-0.15, -0.1) is 0 Å². The van der Waals surface area contributed by atoms with Gasteiger partial charge in [-0.1, -0.05) is 17.7 Å². The molecule has 0 bridgehead atoms. The van der Waals surface area contributed by atoms with Gasteiger partial charge < -0.3 is 20.3 Å². The van der Waals surface area contributed by atoms with Gasteiger partial charge in [0.25, 0.3) is 0 Å². The molecule has 2 unspecified atom stereocenters. The van der Waals surface area contributed by atoms with Crippen molar-refractivity contribution in [2.45, 2.75) is 52.1 Å². The molecule has 6 rings (SSSR count). The molecule has 0 radical (unpaired) electrons. The molecule has 35 heavy (non-hydrogen) atoms. The van der Waals surface area contributed by atoms with Crippen LogP contribution in [-0.2, 0) is 6.42 Å². The average Bonchev–Trinajstić information content (AvgIpc) is 3.44. The highest BCUT2D eigenvalue weighted by Gasteiger charge is 2.28. The molecule has 1 saturated carbocycles. The highest BCUT2D eigenvalue weighted by molar-refractivity contribution is 6.05. The molecule has 182 valence electrons. The Labute approximate surface area is 205 Å². The van der Waals surface area contributed by atoms with Gasteiger partial charge in [0.2, 0.25) is 0 Å². The van der Waals surface area contributed by atoms with Crippen LogP contribution in [0.2, 0.25) is 0 Å². The minimum atomic E-state index is -0.371. The molecule has 3 heterocycles. The van der Waals surface area contributed by atoms with E-state index in [9.17, 15) is 0 Å². The number of ether oxygens (including phenoxy) is 1. The maximum atomic E-state index is 15.3. The topological polar surface area (TPSA) is 74.7 Å². The zero-order valence-corrected chi connectivity index (χ0v) is 20.4. The molecule has 7 nitrogen and oxygen atoms in total. The van der Waals surface area contributed by atoms with Crippen LogP contribution in [0.4, 0.5) is 16.0 Å². The normalized spacial score (nSPS) is 23.5. The van der Waals surface area contributed by atoms with E-state index in [-0.39, 0.29) is 17.6 Å². The van der Waals surface area contributed by atoms with E-state index >= 15 is 4.39 Å². The number of fused-ring (bicyclic) bond motifs is 1. The van der Waals surface area contributed by atoms with E-state index in [1.807, 2.05) is 25.1 Å². The van der Waals surface area contributed by atoms with E-state index in [4.69, 9.17) is 4.74 Å². The molecule has 4 aliphatic rings. The highest BCUT2D eigenvalue weighted by Crippen LogP contribution is 2.38. The zero-order chi connectivity index (χ0) is 24.1. The fourth-order valence-electron chi connectivity index (χ4n) is 5.25. The fraction of sp³-hybridized carbons (Fsp3) is 0.444. The molecule has 2 aliphatic heterocycles. The second-order valence-corrected chi connectivity index (χ2v) is 10.3. The molecule has 2 fully saturated rings. The first kappa shape index (κ1) is 22.2. The summed E-state index contributed by atoms with van der Waals surface area (Å²) in [5, 5.41) is 6.89. The van der Waals surface area contributed by atoms with Crippen LogP contribution in [0.15, 0.2) is 40.4 Å². The van der Waals surface area contributed by atoms with Crippen molar-refractivity contribution in [2.75, 3.05) is 29.9 Å². The molecular weight excluding hydrogens is 443 g/mol. The van der Waals surface area contributed by atoms with Crippen molar-refractivity contribution in [3.63, 3.8) is 0 Å². The lowest BCUT2D eigenvalue weighted by Gasteiger charge is -2.37. The number of hydrogen-bond acceptors (Lipinski definition) is 7. The molecule has 2 aromatic rings. The summed E-state index contributed by atoms with van der Waals surface area (Å²) in [5.74, 6) is 2.59. The van der Waals surface area contributed by atoms with Gasteiger partial charge >= 0.3 is 6.01 Å². The second-order valence-electron chi connectivity index (χ2n) is 10.3. The number of halogens is 1. The summed E-state index contributed by atoms with van der Waals surface area (Å²) in [6.45, 7) is 8.69. The van der Waals surface area contributed by atoms with Crippen LogP contribution in [0.3, 0.4) is 0 Å². The van der Waals surface area contributed by atoms with Crippen molar-refractivity contribution in [1.82, 2.24) is 15.3 Å². The lowest BCUT2D eigenvalue weighted by molar-refractivity contribution is 0.396. The zero-order valence-electron chi connectivity index (χ0n) is 20.4. The molecule has 2 aliphatic carbocycles. The van der Waals surface area contributed by atoms with Crippen molar-refractivity contribution >= 4 is 23.5 Å². The summed E-state index contributed by atoms with van der Waals surface area (Å²) in [7, 11) is 0. The summed E-state index contributed by atoms with van der Waals surface area (Å²) in [6.07, 6.45) is 7.29. The summed E-state index contributed by atoms with van der Waals surface area (Å²) >= 11 is 0. The minimum Gasteiger partial charge on any atom is -0.421 e. The van der Waals surface area contributed by atoms with Crippen LogP contribution in [-0.4, -0.2) is 47.5 Å². The number of aromatic nitrogens is 2. The molecule has 2 N–H and O–H groups in total. The largest absolute Gasteiger partial charge is 0.421 e. The van der Waals surface area contributed by atoms with Crippen LogP contribution in [0.1, 0.15) is 44.7 Å². The van der Waals surface area contributed by atoms with Gasteiger partial charge in [0.1, 0.15) is 17.5 Å². The SMILES string of the molecule is CC1=Cc2c(ccc(Oc3nc(NC4=NCC(C5CC5)=C4)cc(N4CC(C)NC(C)C4)n3)c2F)C1. The number of hydrogen-bond donors (Lipinski definition) is 2. The molecule has 2 atom stereocenters. The molecule has 1 aromatic heterocycles. The van der Waals surface area contributed by atoms with Crippen molar-refractivity contribution in [1.29, 1.82) is 0 Å². The molecule has 0 amide bonds. The maximum absolute atomic E-state index is 15.3. The van der Waals surface area contributed by atoms with Crippen LogP contribution < -0.4 is 20.3 Å².